The second-order valence-corrected chi connectivity index (χ2v) is 9.01. The average Bonchev–Trinajstić information content (AvgIpc) is 3.05. The molecule has 1 unspecified atom stereocenters. The molecule has 2 heterocycles. The number of ether oxygens (including phenoxy) is 1. The molecular formula is C25H19Cl3N2O4. The van der Waals surface area contributed by atoms with E-state index in [0.29, 0.717) is 16.1 Å². The van der Waals surface area contributed by atoms with Gasteiger partial charge in [0.2, 0.25) is 0 Å². The van der Waals surface area contributed by atoms with Crippen molar-refractivity contribution in [3.05, 3.63) is 97.8 Å². The zero-order valence-corrected chi connectivity index (χ0v) is 20.4. The van der Waals surface area contributed by atoms with Crippen LogP contribution in [0.3, 0.4) is 0 Å². The Labute approximate surface area is 211 Å². The Bertz CT molecular complexity index is 1330. The number of nitrogens with zero attached hydrogens (tertiary/aromatic N) is 2. The van der Waals surface area contributed by atoms with Crippen molar-refractivity contribution < 1.29 is 19.4 Å². The summed E-state index contributed by atoms with van der Waals surface area (Å²) in [5.74, 6) is -1.81. The largest absolute Gasteiger partial charge is 0.507 e. The molecule has 1 atom stereocenters. The zero-order valence-electron chi connectivity index (χ0n) is 18.2. The first-order valence-corrected chi connectivity index (χ1v) is 11.3. The normalized spacial score (nSPS) is 17.3. The summed E-state index contributed by atoms with van der Waals surface area (Å²) >= 11 is 18.7. The van der Waals surface area contributed by atoms with Crippen molar-refractivity contribution in [2.45, 2.75) is 19.5 Å². The fourth-order valence-corrected chi connectivity index (χ4v) is 4.68. The number of benzene rings is 2. The molecule has 1 aliphatic heterocycles. The van der Waals surface area contributed by atoms with Gasteiger partial charge in [0.05, 0.1) is 39.4 Å². The highest BCUT2D eigenvalue weighted by molar-refractivity contribution is 6.47. The molecule has 0 spiro atoms. The molecule has 1 N–H and O–H groups in total. The summed E-state index contributed by atoms with van der Waals surface area (Å²) in [7, 11) is 1.41. The third-order valence-electron chi connectivity index (χ3n) is 5.52. The van der Waals surface area contributed by atoms with Gasteiger partial charge >= 0.3 is 0 Å². The van der Waals surface area contributed by atoms with Gasteiger partial charge in [0, 0.05) is 18.9 Å². The monoisotopic (exact) mass is 516 g/mol. The van der Waals surface area contributed by atoms with Crippen molar-refractivity contribution >= 4 is 52.3 Å². The molecule has 0 aliphatic carbocycles. The predicted octanol–water partition coefficient (Wildman–Crippen LogP) is 5.98. The second-order valence-electron chi connectivity index (χ2n) is 7.79. The molecule has 34 heavy (non-hydrogen) atoms. The van der Waals surface area contributed by atoms with Crippen molar-refractivity contribution in [3.63, 3.8) is 0 Å². The summed E-state index contributed by atoms with van der Waals surface area (Å²) in [4.78, 5) is 31.9. The van der Waals surface area contributed by atoms with E-state index in [1.165, 1.54) is 12.0 Å². The number of aryl methyl sites for hydroxylation is 1. The number of ketones is 1. The Morgan fingerprint density at radius 2 is 1.85 bits per heavy atom. The van der Waals surface area contributed by atoms with Crippen LogP contribution in [0.4, 0.5) is 0 Å². The van der Waals surface area contributed by atoms with E-state index in [1.54, 1.807) is 61.8 Å². The number of aliphatic hydroxyl groups excluding tert-OH is 1. The van der Waals surface area contributed by atoms with Crippen molar-refractivity contribution in [1.82, 2.24) is 9.88 Å². The topological polar surface area (TPSA) is 79.7 Å². The fraction of sp³-hybridized carbons (Fsp3) is 0.160. The highest BCUT2D eigenvalue weighted by Crippen LogP contribution is 2.44. The van der Waals surface area contributed by atoms with E-state index in [2.05, 4.69) is 4.98 Å². The van der Waals surface area contributed by atoms with Gasteiger partial charge in [-0.05, 0) is 53.9 Å². The number of rotatable bonds is 5. The van der Waals surface area contributed by atoms with E-state index in [0.717, 1.165) is 5.56 Å². The molecule has 9 heteroatoms. The Balaban J connectivity index is 1.95. The number of pyridine rings is 1. The summed E-state index contributed by atoms with van der Waals surface area (Å²) in [6.45, 7) is 1.88. The van der Waals surface area contributed by atoms with Gasteiger partial charge in [-0.15, -0.1) is 0 Å². The lowest BCUT2D eigenvalue weighted by molar-refractivity contribution is -0.140. The van der Waals surface area contributed by atoms with Gasteiger partial charge < -0.3 is 14.7 Å². The Hall–Kier alpha value is -3.06. The van der Waals surface area contributed by atoms with Crippen LogP contribution in [0.5, 0.6) is 5.75 Å². The van der Waals surface area contributed by atoms with Crippen LogP contribution >= 0.6 is 34.8 Å². The van der Waals surface area contributed by atoms with Crippen LogP contribution < -0.4 is 4.74 Å². The van der Waals surface area contributed by atoms with E-state index in [1.807, 2.05) is 0 Å². The number of methoxy groups -OCH3 is 1. The lowest BCUT2D eigenvalue weighted by Gasteiger charge is -2.26. The molecule has 174 valence electrons. The van der Waals surface area contributed by atoms with Crippen LogP contribution in [-0.2, 0) is 16.1 Å². The maximum Gasteiger partial charge on any atom is 0.295 e. The van der Waals surface area contributed by atoms with E-state index in [9.17, 15) is 14.7 Å². The fourth-order valence-electron chi connectivity index (χ4n) is 4.02. The summed E-state index contributed by atoms with van der Waals surface area (Å²) in [5, 5.41) is 12.2. The number of hydrogen-bond donors (Lipinski definition) is 1. The molecule has 2 aromatic carbocycles. The molecular weight excluding hydrogens is 499 g/mol. The maximum absolute atomic E-state index is 13.3. The molecule has 1 aliphatic rings. The molecule has 0 radical (unpaired) electrons. The molecule has 6 nitrogen and oxygen atoms in total. The minimum Gasteiger partial charge on any atom is -0.507 e. The Morgan fingerprint density at radius 1 is 1.09 bits per heavy atom. The van der Waals surface area contributed by atoms with Gasteiger partial charge in [-0.25, -0.2) is 0 Å². The SMILES string of the molecule is COc1c(Cl)cc(C)cc1/C(O)=C1\C(=O)C(=O)N(Cc2cccnc2)C1c1ccc(Cl)c(Cl)c1. The number of likely N-dealkylation sites (tertiary alicyclic amines) is 1. The molecule has 4 rings (SSSR count). The highest BCUT2D eigenvalue weighted by atomic mass is 35.5. The van der Waals surface area contributed by atoms with Crippen molar-refractivity contribution in [2.75, 3.05) is 7.11 Å². The number of Topliss-reactive ketones (excluding diaryl/α,β-unsaturated/α-hetero) is 1. The Morgan fingerprint density at radius 3 is 2.50 bits per heavy atom. The number of amides is 1. The van der Waals surface area contributed by atoms with Gasteiger partial charge in [0.25, 0.3) is 11.7 Å². The molecule has 1 aromatic heterocycles. The number of aromatic nitrogens is 1. The van der Waals surface area contributed by atoms with Gasteiger partial charge in [-0.3, -0.25) is 14.6 Å². The lowest BCUT2D eigenvalue weighted by atomic mass is 9.94. The van der Waals surface area contributed by atoms with Gasteiger partial charge in [0.1, 0.15) is 11.5 Å². The molecule has 1 fully saturated rings. The number of hydrogen-bond acceptors (Lipinski definition) is 5. The predicted molar refractivity (Wildman–Crippen MR) is 131 cm³/mol. The first-order chi connectivity index (χ1) is 16.2. The quantitative estimate of drug-likeness (QED) is 0.256. The standard InChI is InChI=1S/C25H19Cl3N2O4/c1-13-8-16(24(34-2)19(28)9-13)22(31)20-21(15-5-6-17(26)18(27)10-15)30(25(33)23(20)32)12-14-4-3-7-29-11-14/h3-11,21,31H,12H2,1-2H3/b22-20+. The highest BCUT2D eigenvalue weighted by Gasteiger charge is 2.46. The second kappa shape index (κ2) is 9.66. The molecule has 1 amide bonds. The number of carbonyl (C=O) groups is 2. The maximum atomic E-state index is 13.3. The third kappa shape index (κ3) is 4.37. The van der Waals surface area contributed by atoms with Crippen LogP contribution in [-0.4, -0.2) is 33.8 Å². The summed E-state index contributed by atoms with van der Waals surface area (Å²) in [5.41, 5.74) is 2.06. The number of halogens is 3. The third-order valence-corrected chi connectivity index (χ3v) is 6.54. The lowest BCUT2D eigenvalue weighted by Crippen LogP contribution is -2.29. The van der Waals surface area contributed by atoms with Crippen molar-refractivity contribution in [3.8, 4) is 5.75 Å². The zero-order chi connectivity index (χ0) is 24.6. The van der Waals surface area contributed by atoms with Crippen molar-refractivity contribution in [1.29, 1.82) is 0 Å². The minimum absolute atomic E-state index is 0.0891. The van der Waals surface area contributed by atoms with E-state index in [-0.39, 0.29) is 33.5 Å². The molecule has 3 aromatic rings. The summed E-state index contributed by atoms with van der Waals surface area (Å²) in [6, 6.07) is 10.7. The minimum atomic E-state index is -0.932. The van der Waals surface area contributed by atoms with Gasteiger partial charge in [-0.1, -0.05) is 46.9 Å². The summed E-state index contributed by atoms with van der Waals surface area (Å²) in [6.07, 6.45) is 3.22. The Kier molecular flexibility index (Phi) is 6.84. The van der Waals surface area contributed by atoms with Gasteiger partial charge in [0.15, 0.2) is 0 Å². The van der Waals surface area contributed by atoms with Gasteiger partial charge in [-0.2, -0.15) is 0 Å². The van der Waals surface area contributed by atoms with E-state index in [4.69, 9.17) is 39.5 Å². The first-order valence-electron chi connectivity index (χ1n) is 10.2. The average molecular weight is 518 g/mol. The van der Waals surface area contributed by atoms with Crippen LogP contribution in [0.15, 0.2) is 60.4 Å². The smallest absolute Gasteiger partial charge is 0.295 e. The van der Waals surface area contributed by atoms with Crippen LogP contribution in [0.2, 0.25) is 15.1 Å². The van der Waals surface area contributed by atoms with Crippen molar-refractivity contribution in [2.24, 2.45) is 0 Å². The number of aliphatic hydroxyl groups is 1. The van der Waals surface area contributed by atoms with E-state index >= 15 is 0 Å². The summed E-state index contributed by atoms with van der Waals surface area (Å²) < 4.78 is 5.39. The first kappa shape index (κ1) is 24.1. The van der Waals surface area contributed by atoms with Crippen LogP contribution in [0.25, 0.3) is 5.76 Å². The number of carbonyl (C=O) groups excluding carboxylic acids is 2. The van der Waals surface area contributed by atoms with Crippen LogP contribution in [0.1, 0.15) is 28.3 Å². The molecule has 1 saturated heterocycles. The van der Waals surface area contributed by atoms with E-state index < -0.39 is 23.5 Å². The van der Waals surface area contributed by atoms with Crippen LogP contribution in [0, 0.1) is 6.92 Å². The molecule has 0 bridgehead atoms. The molecule has 0 saturated carbocycles.